The van der Waals surface area contributed by atoms with Gasteiger partial charge in [0, 0.05) is 44.0 Å². The third-order valence-electron chi connectivity index (χ3n) is 8.19. The van der Waals surface area contributed by atoms with E-state index in [0.717, 1.165) is 29.9 Å². The number of hydrogen-bond donors (Lipinski definition) is 1. The fourth-order valence-corrected chi connectivity index (χ4v) is 6.57. The molecular weight excluding hydrogens is 604 g/mol. The molecule has 12 heteroatoms. The SMILES string of the molecule is COc1ccc(CCNC(=O)CSC2=Nc3ccccc3C3=N[C@@H](CC(=O)N4CCN(c5ccccc5)CC4)C(=O)N23)cc1OC. The van der Waals surface area contributed by atoms with E-state index in [0.29, 0.717) is 54.2 Å². The first-order chi connectivity index (χ1) is 22.4. The Morgan fingerprint density at radius 1 is 0.935 bits per heavy atom. The second-order valence-electron chi connectivity index (χ2n) is 11.0. The molecule has 3 heterocycles. The smallest absolute Gasteiger partial charge is 0.259 e. The lowest BCUT2D eigenvalue weighted by molar-refractivity contribution is -0.135. The highest BCUT2D eigenvalue weighted by molar-refractivity contribution is 8.14. The number of nitrogens with zero attached hydrogens (tertiary/aromatic N) is 5. The van der Waals surface area contributed by atoms with E-state index < -0.39 is 6.04 Å². The Morgan fingerprint density at radius 2 is 1.67 bits per heavy atom. The molecule has 0 bridgehead atoms. The second kappa shape index (κ2) is 14.1. The summed E-state index contributed by atoms with van der Waals surface area (Å²) in [5.74, 6) is 1.24. The summed E-state index contributed by atoms with van der Waals surface area (Å²) in [4.78, 5) is 54.8. The van der Waals surface area contributed by atoms with Gasteiger partial charge >= 0.3 is 0 Å². The first kappa shape index (κ1) is 31.2. The fourth-order valence-electron chi connectivity index (χ4n) is 5.74. The number of methoxy groups -OCH3 is 2. The molecule has 1 atom stereocenters. The van der Waals surface area contributed by atoms with Crippen LogP contribution < -0.4 is 19.7 Å². The van der Waals surface area contributed by atoms with Crippen LogP contribution in [0.25, 0.3) is 0 Å². The largest absolute Gasteiger partial charge is 0.493 e. The van der Waals surface area contributed by atoms with Gasteiger partial charge in [0.05, 0.1) is 32.1 Å². The van der Waals surface area contributed by atoms with Crippen LogP contribution in [0.5, 0.6) is 11.5 Å². The number of nitrogens with one attached hydrogen (secondary N) is 1. The summed E-state index contributed by atoms with van der Waals surface area (Å²) >= 11 is 1.18. The van der Waals surface area contributed by atoms with Gasteiger partial charge in [-0.15, -0.1) is 0 Å². The monoisotopic (exact) mass is 640 g/mol. The molecule has 1 fully saturated rings. The minimum Gasteiger partial charge on any atom is -0.493 e. The number of ether oxygens (including phenoxy) is 2. The van der Waals surface area contributed by atoms with Gasteiger partial charge in [0.1, 0.15) is 11.9 Å². The predicted octanol–water partition coefficient (Wildman–Crippen LogP) is 3.49. The van der Waals surface area contributed by atoms with E-state index in [1.165, 1.54) is 16.7 Å². The summed E-state index contributed by atoms with van der Waals surface area (Å²) < 4.78 is 10.7. The summed E-state index contributed by atoms with van der Waals surface area (Å²) in [7, 11) is 3.17. The fraction of sp³-hybridized carbons (Fsp3) is 0.324. The van der Waals surface area contributed by atoms with Crippen molar-refractivity contribution < 1.29 is 23.9 Å². The predicted molar refractivity (Wildman–Crippen MR) is 179 cm³/mol. The number of piperazine rings is 1. The van der Waals surface area contributed by atoms with Crippen LogP contribution in [-0.2, 0) is 20.8 Å². The maximum atomic E-state index is 13.7. The highest BCUT2D eigenvalue weighted by Crippen LogP contribution is 2.34. The van der Waals surface area contributed by atoms with Crippen LogP contribution in [0.1, 0.15) is 17.5 Å². The number of amides is 3. The van der Waals surface area contributed by atoms with E-state index in [1.54, 1.807) is 14.2 Å². The van der Waals surface area contributed by atoms with Gasteiger partial charge in [0.2, 0.25) is 11.8 Å². The number of para-hydroxylation sites is 2. The molecule has 0 spiro atoms. The van der Waals surface area contributed by atoms with Gasteiger partial charge in [-0.05, 0) is 48.4 Å². The van der Waals surface area contributed by atoms with Gasteiger partial charge in [-0.2, -0.15) is 0 Å². The summed E-state index contributed by atoms with van der Waals surface area (Å²) in [5.41, 5.74) is 3.54. The van der Waals surface area contributed by atoms with Crippen molar-refractivity contribution in [3.05, 3.63) is 83.9 Å². The lowest BCUT2D eigenvalue weighted by Crippen LogP contribution is -2.50. The topological polar surface area (TPSA) is 116 Å². The quantitative estimate of drug-likeness (QED) is 0.361. The van der Waals surface area contributed by atoms with Crippen molar-refractivity contribution in [2.45, 2.75) is 18.9 Å². The summed E-state index contributed by atoms with van der Waals surface area (Å²) in [5, 5.41) is 3.32. The van der Waals surface area contributed by atoms with E-state index in [9.17, 15) is 14.4 Å². The van der Waals surface area contributed by atoms with Crippen molar-refractivity contribution in [1.82, 2.24) is 15.1 Å². The lowest BCUT2D eigenvalue weighted by atomic mass is 10.1. The first-order valence-electron chi connectivity index (χ1n) is 15.2. The number of thioether (sulfide) groups is 1. The number of benzene rings is 3. The number of hydrogen-bond acceptors (Lipinski definition) is 9. The van der Waals surface area contributed by atoms with Crippen molar-refractivity contribution in [3.63, 3.8) is 0 Å². The molecule has 0 aromatic heterocycles. The molecule has 46 heavy (non-hydrogen) atoms. The van der Waals surface area contributed by atoms with Crippen molar-refractivity contribution >= 4 is 51.9 Å². The summed E-state index contributed by atoms with van der Waals surface area (Å²) in [6.45, 7) is 3.06. The third-order valence-corrected chi connectivity index (χ3v) is 9.12. The molecule has 1 N–H and O–H groups in total. The van der Waals surface area contributed by atoms with Gasteiger partial charge in [-0.1, -0.05) is 48.2 Å². The number of anilines is 1. The first-order valence-corrected chi connectivity index (χ1v) is 16.2. The number of amidine groups is 2. The van der Waals surface area contributed by atoms with Crippen LogP contribution in [0.4, 0.5) is 11.4 Å². The number of carbonyl (C=O) groups is 3. The molecule has 3 amide bonds. The molecule has 0 radical (unpaired) electrons. The Bertz CT molecular complexity index is 1670. The molecule has 0 unspecified atom stereocenters. The molecule has 3 aliphatic rings. The van der Waals surface area contributed by atoms with E-state index in [-0.39, 0.29) is 29.9 Å². The molecule has 3 aromatic rings. The molecule has 3 aliphatic heterocycles. The van der Waals surface area contributed by atoms with Gasteiger partial charge < -0.3 is 24.6 Å². The molecular formula is C34H36N6O5S. The zero-order valence-electron chi connectivity index (χ0n) is 25.8. The van der Waals surface area contributed by atoms with Crippen molar-refractivity contribution in [2.24, 2.45) is 9.98 Å². The van der Waals surface area contributed by atoms with Crippen molar-refractivity contribution in [1.29, 1.82) is 0 Å². The van der Waals surface area contributed by atoms with E-state index in [4.69, 9.17) is 19.5 Å². The normalized spacial score (nSPS) is 17.1. The van der Waals surface area contributed by atoms with E-state index in [1.807, 2.05) is 65.6 Å². The second-order valence-corrected chi connectivity index (χ2v) is 12.0. The molecule has 1 saturated heterocycles. The maximum Gasteiger partial charge on any atom is 0.259 e. The van der Waals surface area contributed by atoms with Gasteiger partial charge in [-0.25, -0.2) is 9.89 Å². The molecule has 11 nitrogen and oxygen atoms in total. The van der Waals surface area contributed by atoms with Crippen molar-refractivity contribution in [2.75, 3.05) is 57.6 Å². The third kappa shape index (κ3) is 6.71. The zero-order valence-corrected chi connectivity index (χ0v) is 26.7. The Hall–Kier alpha value is -4.84. The van der Waals surface area contributed by atoms with Crippen LogP contribution in [0, 0.1) is 0 Å². The Balaban J connectivity index is 1.06. The van der Waals surface area contributed by atoms with Crippen LogP contribution in [0.3, 0.4) is 0 Å². The molecule has 6 rings (SSSR count). The number of carbonyl (C=O) groups excluding carboxylic acids is 3. The number of aliphatic imine (C=N–C) groups is 2. The molecule has 0 saturated carbocycles. The average molecular weight is 641 g/mol. The molecule has 3 aromatic carbocycles. The van der Waals surface area contributed by atoms with Gasteiger partial charge in [0.15, 0.2) is 16.7 Å². The maximum absolute atomic E-state index is 13.7. The minimum atomic E-state index is -0.845. The van der Waals surface area contributed by atoms with Crippen LogP contribution >= 0.6 is 11.8 Å². The minimum absolute atomic E-state index is 0.0130. The molecule has 0 aliphatic carbocycles. The number of rotatable bonds is 10. The highest BCUT2D eigenvalue weighted by Gasteiger charge is 2.42. The summed E-state index contributed by atoms with van der Waals surface area (Å²) in [6, 6.07) is 22.4. The van der Waals surface area contributed by atoms with Crippen LogP contribution in [-0.4, -0.2) is 97.3 Å². The Kier molecular flexibility index (Phi) is 9.53. The standard InChI is InChI=1S/C34H36N6O5S/c1-44-28-13-12-23(20-29(28)45-2)14-15-35-30(41)22-46-34-37-26-11-7-6-10-25(26)32-36-27(33(43)40(32)34)21-31(42)39-18-16-38(17-19-39)24-8-4-3-5-9-24/h3-13,20,27H,14-19,21-22H2,1-2H3,(H,35,41)/t27-/m0/s1. The highest BCUT2D eigenvalue weighted by atomic mass is 32.2. The Labute approximate surface area is 272 Å². The van der Waals surface area contributed by atoms with Crippen LogP contribution in [0.2, 0.25) is 0 Å². The number of fused-ring (bicyclic) bond motifs is 3. The summed E-state index contributed by atoms with van der Waals surface area (Å²) in [6.07, 6.45) is 0.602. The Morgan fingerprint density at radius 3 is 2.43 bits per heavy atom. The van der Waals surface area contributed by atoms with Gasteiger partial charge in [-0.3, -0.25) is 19.4 Å². The average Bonchev–Trinajstić information content (AvgIpc) is 3.43. The van der Waals surface area contributed by atoms with E-state index in [2.05, 4.69) is 22.3 Å². The lowest BCUT2D eigenvalue weighted by Gasteiger charge is -2.36. The zero-order chi connectivity index (χ0) is 32.0. The van der Waals surface area contributed by atoms with Crippen molar-refractivity contribution in [3.8, 4) is 11.5 Å². The van der Waals surface area contributed by atoms with Gasteiger partial charge in [0.25, 0.3) is 5.91 Å². The van der Waals surface area contributed by atoms with E-state index >= 15 is 0 Å². The van der Waals surface area contributed by atoms with Crippen LogP contribution in [0.15, 0.2) is 82.8 Å². The molecule has 238 valence electrons.